The third kappa shape index (κ3) is 5.25. The molecule has 0 bridgehead atoms. The second-order valence-electron chi connectivity index (χ2n) is 4.40. The average molecular weight is 266 g/mol. The summed E-state index contributed by atoms with van der Waals surface area (Å²) >= 11 is 0. The average Bonchev–Trinajstić information content (AvgIpc) is 2.55. The molecule has 0 saturated heterocycles. The minimum absolute atomic E-state index is 0.109. The van der Waals surface area contributed by atoms with Gasteiger partial charge in [0.2, 0.25) is 0 Å². The van der Waals surface area contributed by atoms with E-state index >= 15 is 0 Å². The molecule has 0 aromatic heterocycles. The molecule has 0 aliphatic heterocycles. The maximum Gasteiger partial charge on any atom is 0.0681 e. The van der Waals surface area contributed by atoms with E-state index in [0.29, 0.717) is 0 Å². The van der Waals surface area contributed by atoms with Crippen LogP contribution in [0.5, 0.6) is 0 Å². The molecule has 1 heteroatoms. The topological polar surface area (TPSA) is 20.2 Å². The van der Waals surface area contributed by atoms with Gasteiger partial charge in [-0.25, -0.2) is 0 Å². The van der Waals surface area contributed by atoms with Gasteiger partial charge in [0.1, 0.15) is 0 Å². The third-order valence-electron chi connectivity index (χ3n) is 3.02. The molecular weight excluding hydrogens is 244 g/mol. The summed E-state index contributed by atoms with van der Waals surface area (Å²) in [6, 6.07) is 16.1. The summed E-state index contributed by atoms with van der Waals surface area (Å²) in [7, 11) is 0. The molecular formula is C19H22O. The van der Waals surface area contributed by atoms with Crippen LogP contribution in [-0.4, -0.2) is 5.11 Å². The molecule has 0 aliphatic carbocycles. The first kappa shape index (κ1) is 15.9. The summed E-state index contributed by atoms with van der Waals surface area (Å²) < 4.78 is 0. The van der Waals surface area contributed by atoms with Gasteiger partial charge < -0.3 is 5.11 Å². The van der Waals surface area contributed by atoms with Crippen LogP contribution in [-0.2, 0) is 13.0 Å². The van der Waals surface area contributed by atoms with Crippen LogP contribution in [0.15, 0.2) is 61.7 Å². The van der Waals surface area contributed by atoms with Crippen molar-refractivity contribution in [3.8, 4) is 0 Å². The molecule has 0 heterocycles. The SMILES string of the molecule is C=Cc1ccc(CC)cc1.C=Cc1ccc(CO)cc1. The van der Waals surface area contributed by atoms with Crippen LogP contribution in [0.25, 0.3) is 12.2 Å². The molecule has 1 N–H and O–H groups in total. The highest BCUT2D eigenvalue weighted by atomic mass is 16.3. The van der Waals surface area contributed by atoms with Crippen molar-refractivity contribution in [3.63, 3.8) is 0 Å². The lowest BCUT2D eigenvalue weighted by Gasteiger charge is -1.95. The summed E-state index contributed by atoms with van der Waals surface area (Å²) in [6.07, 6.45) is 4.75. The molecule has 20 heavy (non-hydrogen) atoms. The van der Waals surface area contributed by atoms with Crippen LogP contribution in [0, 0.1) is 0 Å². The zero-order valence-electron chi connectivity index (χ0n) is 12.0. The molecule has 0 radical (unpaired) electrons. The second kappa shape index (κ2) is 8.89. The summed E-state index contributed by atoms with van der Waals surface area (Å²) in [4.78, 5) is 0. The lowest BCUT2D eigenvalue weighted by molar-refractivity contribution is 0.282. The molecule has 2 aromatic carbocycles. The quantitative estimate of drug-likeness (QED) is 0.849. The Bertz CT molecular complexity index is 469. The molecule has 1 nitrogen and oxygen atoms in total. The number of benzene rings is 2. The first-order valence-electron chi connectivity index (χ1n) is 6.77. The van der Waals surface area contributed by atoms with Gasteiger partial charge in [0.15, 0.2) is 0 Å². The van der Waals surface area contributed by atoms with Gasteiger partial charge in [0, 0.05) is 0 Å². The standard InChI is InChI=1S/C10H12.C9H10O/c1-3-9-5-7-10(4-2)8-6-9;1-2-8-3-5-9(7-10)6-4-8/h3,5-8H,1,4H2,2H3;2-6,10H,1,7H2. The van der Waals surface area contributed by atoms with E-state index in [1.165, 1.54) is 11.1 Å². The molecule has 0 fully saturated rings. The van der Waals surface area contributed by atoms with Gasteiger partial charge in [0.05, 0.1) is 6.61 Å². The number of hydrogen-bond acceptors (Lipinski definition) is 1. The van der Waals surface area contributed by atoms with Gasteiger partial charge >= 0.3 is 0 Å². The summed E-state index contributed by atoms with van der Waals surface area (Å²) in [5, 5.41) is 8.68. The number of hydrogen-bond donors (Lipinski definition) is 1. The highest BCUT2D eigenvalue weighted by Crippen LogP contribution is 2.05. The molecule has 2 rings (SSSR count). The van der Waals surface area contributed by atoms with Crippen LogP contribution >= 0.6 is 0 Å². The molecule has 0 spiro atoms. The molecule has 2 aromatic rings. The smallest absolute Gasteiger partial charge is 0.0681 e. The fourth-order valence-corrected chi connectivity index (χ4v) is 1.65. The van der Waals surface area contributed by atoms with E-state index in [0.717, 1.165) is 17.5 Å². The van der Waals surface area contributed by atoms with E-state index < -0.39 is 0 Å². The van der Waals surface area contributed by atoms with Crippen LogP contribution in [0.2, 0.25) is 0 Å². The lowest BCUT2D eigenvalue weighted by atomic mass is 10.1. The number of rotatable bonds is 4. The Morgan fingerprint density at radius 1 is 0.800 bits per heavy atom. The number of aliphatic hydroxyl groups excluding tert-OH is 1. The highest BCUT2D eigenvalue weighted by molar-refractivity contribution is 5.47. The molecule has 0 saturated carbocycles. The van der Waals surface area contributed by atoms with Crippen LogP contribution in [0.3, 0.4) is 0 Å². The summed E-state index contributed by atoms with van der Waals surface area (Å²) in [6.45, 7) is 9.57. The first-order valence-corrected chi connectivity index (χ1v) is 6.77. The van der Waals surface area contributed by atoms with Gasteiger partial charge in [-0.2, -0.15) is 0 Å². The number of aryl methyl sites for hydroxylation is 1. The predicted molar refractivity (Wildman–Crippen MR) is 88.4 cm³/mol. The Labute approximate surface area is 121 Å². The Hall–Kier alpha value is -2.12. The van der Waals surface area contributed by atoms with E-state index in [1.807, 2.05) is 30.3 Å². The Morgan fingerprint density at radius 3 is 1.50 bits per heavy atom. The van der Waals surface area contributed by atoms with Gasteiger partial charge in [0.25, 0.3) is 0 Å². The van der Waals surface area contributed by atoms with Crippen molar-refractivity contribution >= 4 is 12.2 Å². The minimum Gasteiger partial charge on any atom is -0.392 e. The largest absolute Gasteiger partial charge is 0.392 e. The van der Waals surface area contributed by atoms with Gasteiger partial charge in [-0.3, -0.25) is 0 Å². The normalized spacial score (nSPS) is 9.30. The van der Waals surface area contributed by atoms with Crippen molar-refractivity contribution < 1.29 is 5.11 Å². The molecule has 0 unspecified atom stereocenters. The van der Waals surface area contributed by atoms with E-state index in [2.05, 4.69) is 44.3 Å². The van der Waals surface area contributed by atoms with Crippen LogP contribution in [0.1, 0.15) is 29.2 Å². The summed E-state index contributed by atoms with van der Waals surface area (Å²) in [5.74, 6) is 0. The van der Waals surface area contributed by atoms with E-state index in [-0.39, 0.29) is 6.61 Å². The van der Waals surface area contributed by atoms with Crippen molar-refractivity contribution in [3.05, 3.63) is 83.9 Å². The lowest BCUT2D eigenvalue weighted by Crippen LogP contribution is -1.80. The van der Waals surface area contributed by atoms with Crippen molar-refractivity contribution in [2.75, 3.05) is 0 Å². The third-order valence-corrected chi connectivity index (χ3v) is 3.02. The first-order chi connectivity index (χ1) is 9.73. The Balaban J connectivity index is 0.000000200. The maximum absolute atomic E-state index is 8.68. The van der Waals surface area contributed by atoms with Crippen molar-refractivity contribution in [1.82, 2.24) is 0 Å². The number of aliphatic hydroxyl groups is 1. The summed E-state index contributed by atoms with van der Waals surface area (Å²) in [5.41, 5.74) is 4.59. The Kier molecular flexibility index (Phi) is 7.08. The molecule has 104 valence electrons. The molecule has 0 atom stereocenters. The van der Waals surface area contributed by atoms with E-state index in [4.69, 9.17) is 5.11 Å². The minimum atomic E-state index is 0.109. The monoisotopic (exact) mass is 266 g/mol. The van der Waals surface area contributed by atoms with E-state index in [1.54, 1.807) is 6.08 Å². The Morgan fingerprint density at radius 2 is 1.20 bits per heavy atom. The van der Waals surface area contributed by atoms with Crippen LogP contribution in [0.4, 0.5) is 0 Å². The van der Waals surface area contributed by atoms with Gasteiger partial charge in [-0.1, -0.05) is 80.8 Å². The van der Waals surface area contributed by atoms with Crippen molar-refractivity contribution in [2.24, 2.45) is 0 Å². The predicted octanol–water partition coefficient (Wildman–Crippen LogP) is 4.71. The molecule has 0 aliphatic rings. The highest BCUT2D eigenvalue weighted by Gasteiger charge is 1.87. The fraction of sp³-hybridized carbons (Fsp3) is 0.158. The van der Waals surface area contributed by atoms with Gasteiger partial charge in [-0.15, -0.1) is 0 Å². The van der Waals surface area contributed by atoms with Crippen molar-refractivity contribution in [2.45, 2.75) is 20.0 Å². The maximum atomic E-state index is 8.68. The van der Waals surface area contributed by atoms with E-state index in [9.17, 15) is 0 Å². The van der Waals surface area contributed by atoms with Crippen LogP contribution < -0.4 is 0 Å². The zero-order chi connectivity index (χ0) is 14.8. The second-order valence-corrected chi connectivity index (χ2v) is 4.40. The van der Waals surface area contributed by atoms with Crippen molar-refractivity contribution in [1.29, 1.82) is 0 Å². The molecule has 0 amide bonds. The fourth-order valence-electron chi connectivity index (χ4n) is 1.65. The van der Waals surface area contributed by atoms with Gasteiger partial charge in [-0.05, 0) is 28.7 Å². The zero-order valence-corrected chi connectivity index (χ0v) is 12.0.